The predicted molar refractivity (Wildman–Crippen MR) is 150 cm³/mol. The molecule has 0 bridgehead atoms. The van der Waals surface area contributed by atoms with Crippen molar-refractivity contribution in [1.82, 2.24) is 15.2 Å². The quantitative estimate of drug-likeness (QED) is 0.365. The summed E-state index contributed by atoms with van der Waals surface area (Å²) in [6.07, 6.45) is -0.249. The number of fused-ring (bicyclic) bond motifs is 1. The summed E-state index contributed by atoms with van der Waals surface area (Å²) in [4.78, 5) is 25.1. The van der Waals surface area contributed by atoms with Gasteiger partial charge in [-0.25, -0.2) is 9.37 Å². The highest BCUT2D eigenvalue weighted by atomic mass is 32.1. The molecular formula is C29H27FN6O3S. The Morgan fingerprint density at radius 1 is 1.07 bits per heavy atom. The minimum Gasteiger partial charge on any atom is -0.402 e. The number of thiazole rings is 1. The zero-order valence-corrected chi connectivity index (χ0v) is 22.7. The van der Waals surface area contributed by atoms with E-state index in [0.717, 1.165) is 32.4 Å². The Morgan fingerprint density at radius 3 is 2.60 bits per heavy atom. The van der Waals surface area contributed by atoms with Crippen molar-refractivity contribution >= 4 is 33.8 Å². The number of ketones is 1. The van der Waals surface area contributed by atoms with Gasteiger partial charge in [0.05, 0.1) is 18.9 Å². The topological polar surface area (TPSA) is 106 Å². The largest absolute Gasteiger partial charge is 0.402 e. The van der Waals surface area contributed by atoms with E-state index in [1.807, 2.05) is 54.6 Å². The molecule has 2 aromatic heterocycles. The number of benzene rings is 2. The van der Waals surface area contributed by atoms with E-state index in [9.17, 15) is 9.18 Å². The first kappa shape index (κ1) is 25.0. The number of anilines is 2. The number of Topliss-reactive ketones (excluding diaryl/α,β-unsaturated/α-hetero) is 1. The van der Waals surface area contributed by atoms with Crippen LogP contribution < -0.4 is 10.2 Å². The summed E-state index contributed by atoms with van der Waals surface area (Å²) in [5, 5.41) is 13.1. The van der Waals surface area contributed by atoms with Crippen molar-refractivity contribution in [3.05, 3.63) is 76.3 Å². The lowest BCUT2D eigenvalue weighted by molar-refractivity contribution is -0.119. The fourth-order valence-corrected chi connectivity index (χ4v) is 6.52. The van der Waals surface area contributed by atoms with Gasteiger partial charge in [-0.3, -0.25) is 9.79 Å². The molecule has 40 heavy (non-hydrogen) atoms. The average molecular weight is 559 g/mol. The van der Waals surface area contributed by atoms with Crippen LogP contribution in [0.25, 0.3) is 11.6 Å². The van der Waals surface area contributed by atoms with E-state index >= 15 is 0 Å². The molecule has 0 spiro atoms. The monoisotopic (exact) mass is 558 g/mol. The average Bonchev–Trinajstić information content (AvgIpc) is 3.29. The molecule has 1 aliphatic carbocycles. The summed E-state index contributed by atoms with van der Waals surface area (Å²) in [6.45, 7) is 4.19. The normalized spacial score (nSPS) is 24.3. The standard InChI is InChI=1S/C29H27FN6O3S/c1-29(30)16-20(29)26-32-23(27(40-26)36-11-13-38-14-12-36)25-34-35-28(39-25)33-24-21(37)15-18-9-5-6-10-19(18)22(31-24)17-7-3-2-4-8-17/h2-10,20,24H,11-16H2,1H3,(H,33,35)/t20?,24-,29?/m1/s1. The van der Waals surface area contributed by atoms with E-state index in [2.05, 4.69) is 20.4 Å². The highest BCUT2D eigenvalue weighted by Crippen LogP contribution is 2.56. The first-order valence-corrected chi connectivity index (χ1v) is 14.1. The summed E-state index contributed by atoms with van der Waals surface area (Å²) in [5.41, 5.74) is 2.74. The van der Waals surface area contributed by atoms with E-state index in [1.165, 1.54) is 11.3 Å². The third-order valence-electron chi connectivity index (χ3n) is 7.53. The van der Waals surface area contributed by atoms with Crippen molar-refractivity contribution < 1.29 is 18.3 Å². The number of hydrogen-bond acceptors (Lipinski definition) is 10. The Kier molecular flexibility index (Phi) is 6.20. The van der Waals surface area contributed by atoms with E-state index in [0.29, 0.717) is 38.4 Å². The molecule has 0 amide bonds. The molecule has 2 fully saturated rings. The maximum atomic E-state index is 14.5. The Hall–Kier alpha value is -3.96. The number of aliphatic imine (C=N–C) groups is 1. The number of rotatable bonds is 6. The number of ether oxygens (including phenoxy) is 1. The number of aromatic nitrogens is 3. The van der Waals surface area contributed by atoms with Crippen LogP contribution in [0, 0.1) is 0 Å². The van der Waals surface area contributed by atoms with Gasteiger partial charge < -0.3 is 19.4 Å². The molecule has 9 nitrogen and oxygen atoms in total. The predicted octanol–water partition coefficient (Wildman–Crippen LogP) is 4.65. The van der Waals surface area contributed by atoms with E-state index in [4.69, 9.17) is 19.1 Å². The molecule has 3 atom stereocenters. The molecule has 2 unspecified atom stereocenters. The lowest BCUT2D eigenvalue weighted by Crippen LogP contribution is -2.35. The third kappa shape index (κ3) is 4.69. The van der Waals surface area contributed by atoms with E-state index in [-0.39, 0.29) is 30.0 Å². The number of nitrogens with one attached hydrogen (secondary N) is 1. The Morgan fingerprint density at radius 2 is 1.82 bits per heavy atom. The van der Waals surface area contributed by atoms with Crippen LogP contribution in [-0.4, -0.2) is 64.8 Å². The Balaban J connectivity index is 1.21. The number of alkyl halides is 1. The van der Waals surface area contributed by atoms with Crippen molar-refractivity contribution in [3.8, 4) is 11.6 Å². The molecular weight excluding hydrogens is 531 g/mol. The molecule has 204 valence electrons. The number of hydrogen-bond donors (Lipinski definition) is 1. The first-order valence-electron chi connectivity index (χ1n) is 13.3. The van der Waals surface area contributed by atoms with Crippen LogP contribution in [0.1, 0.15) is 41.0 Å². The molecule has 3 aliphatic rings. The van der Waals surface area contributed by atoms with Gasteiger partial charge in [-0.05, 0) is 18.9 Å². The summed E-state index contributed by atoms with van der Waals surface area (Å²) in [6, 6.07) is 17.7. The van der Waals surface area contributed by atoms with E-state index < -0.39 is 11.8 Å². The van der Waals surface area contributed by atoms with Crippen LogP contribution in [0.2, 0.25) is 0 Å². The van der Waals surface area contributed by atoms with Crippen molar-refractivity contribution in [3.63, 3.8) is 0 Å². The van der Waals surface area contributed by atoms with Gasteiger partial charge in [0.1, 0.15) is 15.7 Å². The number of nitrogens with zero attached hydrogens (tertiary/aromatic N) is 5. The summed E-state index contributed by atoms with van der Waals surface area (Å²) in [7, 11) is 0. The van der Waals surface area contributed by atoms with Crippen LogP contribution >= 0.6 is 11.3 Å². The van der Waals surface area contributed by atoms with Crippen LogP contribution in [0.15, 0.2) is 64.0 Å². The second-order valence-corrected chi connectivity index (χ2v) is 11.5. The fraction of sp³-hybridized carbons (Fsp3) is 0.345. The molecule has 7 rings (SSSR count). The van der Waals surface area contributed by atoms with Gasteiger partial charge in [-0.15, -0.1) is 16.4 Å². The molecule has 1 saturated heterocycles. The number of morpholine rings is 1. The maximum absolute atomic E-state index is 14.5. The Bertz CT molecular complexity index is 1590. The number of carbonyl (C=O) groups is 1. The second kappa shape index (κ2) is 9.90. The van der Waals surface area contributed by atoms with Crippen LogP contribution in [0.5, 0.6) is 0 Å². The highest BCUT2D eigenvalue weighted by Gasteiger charge is 2.54. The van der Waals surface area contributed by atoms with Gasteiger partial charge in [0.15, 0.2) is 17.6 Å². The van der Waals surface area contributed by atoms with Gasteiger partial charge in [-0.1, -0.05) is 59.7 Å². The number of halogens is 1. The molecule has 4 aromatic rings. The van der Waals surface area contributed by atoms with E-state index in [1.54, 1.807) is 6.92 Å². The molecule has 1 N–H and O–H groups in total. The zero-order chi connectivity index (χ0) is 27.3. The van der Waals surface area contributed by atoms with Crippen LogP contribution in [0.4, 0.5) is 15.4 Å². The van der Waals surface area contributed by atoms with Crippen molar-refractivity contribution in [1.29, 1.82) is 0 Å². The first-order chi connectivity index (χ1) is 19.5. The zero-order valence-electron chi connectivity index (χ0n) is 21.8. The van der Waals surface area contributed by atoms with Crippen molar-refractivity contribution in [2.45, 2.75) is 37.5 Å². The van der Waals surface area contributed by atoms with Gasteiger partial charge in [0.25, 0.3) is 5.89 Å². The number of carbonyl (C=O) groups excluding carboxylic acids is 1. The van der Waals surface area contributed by atoms with Gasteiger partial charge >= 0.3 is 6.01 Å². The lowest BCUT2D eigenvalue weighted by Gasteiger charge is -2.27. The molecule has 4 heterocycles. The second-order valence-electron chi connectivity index (χ2n) is 10.4. The minimum absolute atomic E-state index is 0.0692. The minimum atomic E-state index is -1.25. The smallest absolute Gasteiger partial charge is 0.317 e. The summed E-state index contributed by atoms with van der Waals surface area (Å²) in [5.74, 6) is -0.133. The SMILES string of the molecule is CC1(F)CC1c1nc(-c2nnc(N[C@H]3N=C(c4ccccc4)c4ccccc4CC3=O)o2)c(N2CCOCC2)s1. The lowest BCUT2D eigenvalue weighted by atomic mass is 9.96. The maximum Gasteiger partial charge on any atom is 0.317 e. The molecule has 1 saturated carbocycles. The third-order valence-corrected chi connectivity index (χ3v) is 8.76. The summed E-state index contributed by atoms with van der Waals surface area (Å²) < 4.78 is 26.1. The van der Waals surface area contributed by atoms with Crippen LogP contribution in [0.3, 0.4) is 0 Å². The summed E-state index contributed by atoms with van der Waals surface area (Å²) >= 11 is 1.47. The van der Waals surface area contributed by atoms with Crippen molar-refractivity contribution in [2.75, 3.05) is 36.5 Å². The van der Waals surface area contributed by atoms with Crippen molar-refractivity contribution in [2.24, 2.45) is 4.99 Å². The highest BCUT2D eigenvalue weighted by molar-refractivity contribution is 7.16. The fourth-order valence-electron chi connectivity index (χ4n) is 5.18. The van der Waals surface area contributed by atoms with Gasteiger partial charge in [-0.2, -0.15) is 0 Å². The van der Waals surface area contributed by atoms with Gasteiger partial charge in [0, 0.05) is 36.6 Å². The van der Waals surface area contributed by atoms with Crippen LogP contribution in [-0.2, 0) is 16.0 Å². The molecule has 2 aromatic carbocycles. The molecule has 0 radical (unpaired) electrons. The Labute approximate surface area is 234 Å². The molecule has 11 heteroatoms. The molecule has 2 aliphatic heterocycles. The van der Waals surface area contributed by atoms with Gasteiger partial charge in [0.2, 0.25) is 0 Å².